The minimum Gasteiger partial charge on any atom is -0.379 e. The highest BCUT2D eigenvalue weighted by Gasteiger charge is 2.03. The summed E-state index contributed by atoms with van der Waals surface area (Å²) in [6.07, 6.45) is 1.98. The Labute approximate surface area is 103 Å². The second-order valence-corrected chi connectivity index (χ2v) is 3.97. The molecule has 0 saturated carbocycles. The second kappa shape index (κ2) is 8.17. The molecule has 0 radical (unpaired) electrons. The SMILES string of the molecule is CCOCC(C)OCc1ccc(CNC)cn1. The molecule has 0 saturated heterocycles. The van der Waals surface area contributed by atoms with Crippen molar-refractivity contribution in [1.29, 1.82) is 0 Å². The highest BCUT2D eigenvalue weighted by atomic mass is 16.5. The van der Waals surface area contributed by atoms with Crippen LogP contribution in [-0.4, -0.2) is 31.3 Å². The Hall–Kier alpha value is -0.970. The van der Waals surface area contributed by atoms with E-state index in [9.17, 15) is 0 Å². The minimum absolute atomic E-state index is 0.105. The fourth-order valence-corrected chi connectivity index (χ4v) is 1.41. The summed E-state index contributed by atoms with van der Waals surface area (Å²) < 4.78 is 10.9. The van der Waals surface area contributed by atoms with Gasteiger partial charge in [-0.2, -0.15) is 0 Å². The number of nitrogens with zero attached hydrogens (tertiary/aromatic N) is 1. The molecule has 1 heterocycles. The van der Waals surface area contributed by atoms with E-state index in [0.717, 1.165) is 18.8 Å². The van der Waals surface area contributed by atoms with Crippen LogP contribution in [0.3, 0.4) is 0 Å². The molecule has 4 nitrogen and oxygen atoms in total. The van der Waals surface area contributed by atoms with Gasteiger partial charge in [0.25, 0.3) is 0 Å². The summed E-state index contributed by atoms with van der Waals surface area (Å²) in [6, 6.07) is 4.06. The van der Waals surface area contributed by atoms with E-state index >= 15 is 0 Å². The van der Waals surface area contributed by atoms with Crippen LogP contribution in [0.4, 0.5) is 0 Å². The van der Waals surface area contributed by atoms with Crippen molar-refractivity contribution >= 4 is 0 Å². The smallest absolute Gasteiger partial charge is 0.0892 e. The highest BCUT2D eigenvalue weighted by molar-refractivity contribution is 5.13. The number of aromatic nitrogens is 1. The van der Waals surface area contributed by atoms with Crippen LogP contribution in [0.25, 0.3) is 0 Å². The topological polar surface area (TPSA) is 43.4 Å². The number of nitrogens with one attached hydrogen (secondary N) is 1. The lowest BCUT2D eigenvalue weighted by atomic mass is 10.2. The van der Waals surface area contributed by atoms with Gasteiger partial charge < -0.3 is 14.8 Å². The molecule has 1 aromatic rings. The molecule has 17 heavy (non-hydrogen) atoms. The summed E-state index contributed by atoms with van der Waals surface area (Å²) >= 11 is 0. The number of hydrogen-bond acceptors (Lipinski definition) is 4. The largest absolute Gasteiger partial charge is 0.379 e. The molecule has 0 aliphatic heterocycles. The molecule has 0 aromatic carbocycles. The maximum atomic E-state index is 5.63. The first-order valence-electron chi connectivity index (χ1n) is 6.04. The summed E-state index contributed by atoms with van der Waals surface area (Å²) in [5, 5.41) is 3.09. The van der Waals surface area contributed by atoms with E-state index in [1.165, 1.54) is 5.56 Å². The van der Waals surface area contributed by atoms with Crippen molar-refractivity contribution in [2.24, 2.45) is 0 Å². The van der Waals surface area contributed by atoms with Crippen LogP contribution >= 0.6 is 0 Å². The van der Waals surface area contributed by atoms with Gasteiger partial charge in [-0.1, -0.05) is 6.07 Å². The molecular weight excluding hydrogens is 216 g/mol. The van der Waals surface area contributed by atoms with Gasteiger partial charge in [0.1, 0.15) is 0 Å². The normalized spacial score (nSPS) is 12.6. The Kier molecular flexibility index (Phi) is 6.77. The fraction of sp³-hybridized carbons (Fsp3) is 0.615. The first-order valence-corrected chi connectivity index (χ1v) is 6.04. The Balaban J connectivity index is 2.31. The van der Waals surface area contributed by atoms with Crippen LogP contribution in [0.2, 0.25) is 0 Å². The number of hydrogen-bond donors (Lipinski definition) is 1. The van der Waals surface area contributed by atoms with Crippen molar-refractivity contribution in [3.8, 4) is 0 Å². The van der Waals surface area contributed by atoms with Crippen LogP contribution in [0, 0.1) is 0 Å². The quantitative estimate of drug-likeness (QED) is 0.749. The summed E-state index contributed by atoms with van der Waals surface area (Å²) in [7, 11) is 1.92. The van der Waals surface area contributed by atoms with Crippen LogP contribution in [0.5, 0.6) is 0 Å². The molecule has 0 amide bonds. The molecule has 1 atom stereocenters. The Morgan fingerprint density at radius 2 is 2.24 bits per heavy atom. The predicted molar refractivity (Wildman–Crippen MR) is 67.7 cm³/mol. The van der Waals surface area contributed by atoms with Crippen molar-refractivity contribution < 1.29 is 9.47 Å². The van der Waals surface area contributed by atoms with Crippen LogP contribution < -0.4 is 5.32 Å². The molecule has 4 heteroatoms. The molecule has 0 bridgehead atoms. The monoisotopic (exact) mass is 238 g/mol. The lowest BCUT2D eigenvalue weighted by molar-refractivity contribution is -0.0127. The van der Waals surface area contributed by atoms with Gasteiger partial charge in [0.15, 0.2) is 0 Å². The van der Waals surface area contributed by atoms with Gasteiger partial charge in [0, 0.05) is 19.3 Å². The van der Waals surface area contributed by atoms with Crippen molar-refractivity contribution in [2.45, 2.75) is 33.1 Å². The molecule has 96 valence electrons. The number of pyridine rings is 1. The molecule has 1 unspecified atom stereocenters. The zero-order valence-electron chi connectivity index (χ0n) is 10.9. The van der Waals surface area contributed by atoms with E-state index in [1.54, 1.807) is 0 Å². The Morgan fingerprint density at radius 3 is 2.82 bits per heavy atom. The molecule has 1 rings (SSSR count). The van der Waals surface area contributed by atoms with Crippen LogP contribution in [0.15, 0.2) is 18.3 Å². The molecule has 1 N–H and O–H groups in total. The maximum absolute atomic E-state index is 5.63. The van der Waals surface area contributed by atoms with Gasteiger partial charge in [-0.15, -0.1) is 0 Å². The molecule has 0 aliphatic rings. The first-order chi connectivity index (χ1) is 8.26. The molecule has 0 aliphatic carbocycles. The third-order valence-electron chi connectivity index (χ3n) is 2.34. The summed E-state index contributed by atoms with van der Waals surface area (Å²) in [5.74, 6) is 0. The third-order valence-corrected chi connectivity index (χ3v) is 2.34. The lowest BCUT2D eigenvalue weighted by Gasteiger charge is -2.12. The van der Waals surface area contributed by atoms with Gasteiger partial charge in [-0.25, -0.2) is 0 Å². The van der Waals surface area contributed by atoms with Crippen LogP contribution in [0.1, 0.15) is 25.1 Å². The van der Waals surface area contributed by atoms with Crippen molar-refractivity contribution in [3.63, 3.8) is 0 Å². The van der Waals surface area contributed by atoms with Gasteiger partial charge >= 0.3 is 0 Å². The van der Waals surface area contributed by atoms with Gasteiger partial charge in [0.2, 0.25) is 0 Å². The third kappa shape index (κ3) is 5.77. The fourth-order valence-electron chi connectivity index (χ4n) is 1.41. The highest BCUT2D eigenvalue weighted by Crippen LogP contribution is 2.03. The summed E-state index contributed by atoms with van der Waals surface area (Å²) in [6.45, 7) is 6.72. The van der Waals surface area contributed by atoms with Crippen molar-refractivity contribution in [2.75, 3.05) is 20.3 Å². The second-order valence-electron chi connectivity index (χ2n) is 3.97. The van der Waals surface area contributed by atoms with E-state index in [2.05, 4.69) is 16.4 Å². The van der Waals surface area contributed by atoms with Gasteiger partial charge in [0.05, 0.1) is 25.0 Å². The molecule has 0 spiro atoms. The Bertz CT molecular complexity index is 301. The Morgan fingerprint density at radius 1 is 1.41 bits per heavy atom. The molecule has 1 aromatic heterocycles. The predicted octanol–water partition coefficient (Wildman–Crippen LogP) is 1.74. The van der Waals surface area contributed by atoms with Crippen molar-refractivity contribution in [1.82, 2.24) is 10.3 Å². The van der Waals surface area contributed by atoms with Gasteiger partial charge in [-0.05, 0) is 32.5 Å². The average Bonchev–Trinajstić information content (AvgIpc) is 2.36. The van der Waals surface area contributed by atoms with Crippen LogP contribution in [-0.2, 0) is 22.6 Å². The average molecular weight is 238 g/mol. The standard InChI is InChI=1S/C13H22N2O2/c1-4-16-9-11(2)17-10-13-6-5-12(7-14-3)8-15-13/h5-6,8,11,14H,4,7,9-10H2,1-3H3. The van der Waals surface area contributed by atoms with E-state index < -0.39 is 0 Å². The van der Waals surface area contributed by atoms with E-state index in [4.69, 9.17) is 9.47 Å². The van der Waals surface area contributed by atoms with E-state index in [1.807, 2.05) is 33.2 Å². The zero-order chi connectivity index (χ0) is 12.5. The zero-order valence-corrected chi connectivity index (χ0v) is 10.9. The molecule has 0 fully saturated rings. The van der Waals surface area contributed by atoms with Crippen molar-refractivity contribution in [3.05, 3.63) is 29.6 Å². The lowest BCUT2D eigenvalue weighted by Crippen LogP contribution is -2.16. The minimum atomic E-state index is 0.105. The van der Waals surface area contributed by atoms with E-state index in [-0.39, 0.29) is 6.10 Å². The molecular formula is C13H22N2O2. The maximum Gasteiger partial charge on any atom is 0.0892 e. The number of rotatable bonds is 8. The summed E-state index contributed by atoms with van der Waals surface area (Å²) in [5.41, 5.74) is 2.13. The number of ether oxygens (including phenoxy) is 2. The first kappa shape index (κ1) is 14.1. The van der Waals surface area contributed by atoms with Gasteiger partial charge in [-0.3, -0.25) is 4.98 Å². The summed E-state index contributed by atoms with van der Waals surface area (Å²) in [4.78, 5) is 4.34. The van der Waals surface area contributed by atoms with E-state index in [0.29, 0.717) is 13.2 Å².